The molecule has 0 spiro atoms. The average Bonchev–Trinajstić information content (AvgIpc) is 3.65. The summed E-state index contributed by atoms with van der Waals surface area (Å²) in [5.41, 5.74) is 2.43. The number of aromatic nitrogens is 5. The molecule has 0 fully saturated rings. The minimum Gasteiger partial charge on any atom is -0.495 e. The third kappa shape index (κ3) is 3.81. The van der Waals surface area contributed by atoms with Crippen molar-refractivity contribution >= 4 is 57.0 Å². The quantitative estimate of drug-likeness (QED) is 0.259. The second-order valence-electron chi connectivity index (χ2n) is 9.66. The SMILES string of the molecule is COc1c(-c2nc3c(n2C(C)C)[C@@H](c2ccc(Cl)s2)N(c2cc(Cl)cn(C)c2=O)C3=O)ccc2c1cnn2C. The first-order valence-corrected chi connectivity index (χ1v) is 13.8. The van der Waals surface area contributed by atoms with E-state index < -0.39 is 6.04 Å². The number of hydrogen-bond acceptors (Lipinski definition) is 6. The molecule has 1 amide bonds. The molecule has 1 aliphatic heterocycles. The van der Waals surface area contributed by atoms with Gasteiger partial charge in [0.15, 0.2) is 5.69 Å². The number of pyridine rings is 1. The van der Waals surface area contributed by atoms with Gasteiger partial charge in [-0.3, -0.25) is 19.2 Å². The van der Waals surface area contributed by atoms with E-state index in [0.29, 0.717) is 26.6 Å². The maximum atomic E-state index is 14.1. The van der Waals surface area contributed by atoms with E-state index >= 15 is 0 Å². The number of amides is 1. The van der Waals surface area contributed by atoms with Gasteiger partial charge in [0.05, 0.1) is 44.8 Å². The first-order chi connectivity index (χ1) is 18.6. The number of nitrogens with zero attached hydrogens (tertiary/aromatic N) is 6. The summed E-state index contributed by atoms with van der Waals surface area (Å²) < 4.78 is 11.6. The van der Waals surface area contributed by atoms with Crippen LogP contribution in [-0.2, 0) is 14.1 Å². The highest BCUT2D eigenvalue weighted by molar-refractivity contribution is 7.16. The highest BCUT2D eigenvalue weighted by atomic mass is 35.5. The predicted octanol–water partition coefficient (Wildman–Crippen LogP) is 5.84. The Labute approximate surface area is 237 Å². The Morgan fingerprint density at radius 1 is 1.10 bits per heavy atom. The van der Waals surface area contributed by atoms with Gasteiger partial charge in [-0.25, -0.2) is 4.98 Å². The van der Waals surface area contributed by atoms with Gasteiger partial charge in [-0.15, -0.1) is 11.3 Å². The number of imidazole rings is 1. The van der Waals surface area contributed by atoms with Gasteiger partial charge in [0.25, 0.3) is 11.5 Å². The largest absolute Gasteiger partial charge is 0.495 e. The van der Waals surface area contributed by atoms with Crippen LogP contribution in [0.1, 0.15) is 47.0 Å². The summed E-state index contributed by atoms with van der Waals surface area (Å²) in [5.74, 6) is 0.827. The summed E-state index contributed by atoms with van der Waals surface area (Å²) in [5, 5.41) is 5.56. The van der Waals surface area contributed by atoms with Crippen LogP contribution in [0.3, 0.4) is 0 Å². The molecule has 1 atom stereocenters. The fourth-order valence-electron chi connectivity index (χ4n) is 5.34. The zero-order valence-corrected chi connectivity index (χ0v) is 24.1. The lowest BCUT2D eigenvalue weighted by molar-refractivity contribution is 0.0989. The number of hydrogen-bond donors (Lipinski definition) is 0. The Morgan fingerprint density at radius 2 is 1.87 bits per heavy atom. The van der Waals surface area contributed by atoms with E-state index in [9.17, 15) is 9.59 Å². The highest BCUT2D eigenvalue weighted by Crippen LogP contribution is 2.47. The molecule has 6 rings (SSSR count). The van der Waals surface area contributed by atoms with Gasteiger partial charge in [0.2, 0.25) is 0 Å². The number of fused-ring (bicyclic) bond motifs is 2. The van der Waals surface area contributed by atoms with Crippen molar-refractivity contribution in [1.29, 1.82) is 0 Å². The van der Waals surface area contributed by atoms with E-state index in [2.05, 4.69) is 5.10 Å². The Kier molecular flexibility index (Phi) is 6.09. The lowest BCUT2D eigenvalue weighted by Crippen LogP contribution is -2.35. The van der Waals surface area contributed by atoms with Crippen LogP contribution in [0, 0.1) is 0 Å². The summed E-state index contributed by atoms with van der Waals surface area (Å²) in [7, 11) is 5.09. The molecule has 1 aromatic carbocycles. The molecule has 200 valence electrons. The van der Waals surface area contributed by atoms with Crippen LogP contribution in [0.2, 0.25) is 9.36 Å². The van der Waals surface area contributed by atoms with Crippen LogP contribution in [0.5, 0.6) is 5.75 Å². The smallest absolute Gasteiger partial charge is 0.279 e. The maximum Gasteiger partial charge on any atom is 0.279 e. The predicted molar refractivity (Wildman–Crippen MR) is 154 cm³/mol. The van der Waals surface area contributed by atoms with E-state index in [1.807, 2.05) is 43.7 Å². The fraction of sp³-hybridized carbons (Fsp3) is 0.259. The molecule has 39 heavy (non-hydrogen) atoms. The summed E-state index contributed by atoms with van der Waals surface area (Å²) in [6.07, 6.45) is 3.27. The number of rotatable bonds is 5. The van der Waals surface area contributed by atoms with Crippen molar-refractivity contribution in [2.45, 2.75) is 25.9 Å². The molecule has 5 heterocycles. The van der Waals surface area contributed by atoms with Crippen LogP contribution in [-0.4, -0.2) is 36.9 Å². The van der Waals surface area contributed by atoms with Crippen molar-refractivity contribution in [2.75, 3.05) is 12.0 Å². The minimum absolute atomic E-state index is 0.0848. The van der Waals surface area contributed by atoms with Crippen molar-refractivity contribution in [3.05, 3.63) is 78.7 Å². The highest BCUT2D eigenvalue weighted by Gasteiger charge is 2.46. The van der Waals surface area contributed by atoms with Gasteiger partial charge in [-0.05, 0) is 44.2 Å². The number of aryl methyl sites for hydroxylation is 2. The molecule has 5 aromatic rings. The zero-order chi connectivity index (χ0) is 27.7. The van der Waals surface area contributed by atoms with Gasteiger partial charge < -0.3 is 13.9 Å². The summed E-state index contributed by atoms with van der Waals surface area (Å²) in [6.45, 7) is 4.06. The normalized spacial score (nSPS) is 15.1. The first-order valence-electron chi connectivity index (χ1n) is 12.2. The number of ether oxygens (including phenoxy) is 1. The van der Waals surface area contributed by atoms with Crippen LogP contribution in [0.15, 0.2) is 47.5 Å². The topological polar surface area (TPSA) is 87.2 Å². The Bertz CT molecular complexity index is 1850. The van der Waals surface area contributed by atoms with Gasteiger partial charge in [-0.1, -0.05) is 23.2 Å². The molecular formula is C27H24Cl2N6O3S. The summed E-state index contributed by atoms with van der Waals surface area (Å²) in [4.78, 5) is 34.6. The van der Waals surface area contributed by atoms with Crippen molar-refractivity contribution in [1.82, 2.24) is 23.9 Å². The first kappa shape index (κ1) is 25.7. The third-order valence-corrected chi connectivity index (χ3v) is 8.47. The number of benzene rings is 1. The number of methoxy groups -OCH3 is 1. The van der Waals surface area contributed by atoms with Gasteiger partial charge in [0, 0.05) is 31.2 Å². The second-order valence-corrected chi connectivity index (χ2v) is 11.8. The van der Waals surface area contributed by atoms with Crippen molar-refractivity contribution in [3.8, 4) is 17.1 Å². The average molecular weight is 584 g/mol. The monoisotopic (exact) mass is 582 g/mol. The van der Waals surface area contributed by atoms with Crippen molar-refractivity contribution in [3.63, 3.8) is 0 Å². The second kappa shape index (κ2) is 9.25. The van der Waals surface area contributed by atoms with Crippen LogP contribution < -0.4 is 15.2 Å². The van der Waals surface area contributed by atoms with E-state index in [1.165, 1.54) is 33.1 Å². The Hall–Kier alpha value is -3.60. The fourth-order valence-corrected chi connectivity index (χ4v) is 6.75. The third-order valence-electron chi connectivity index (χ3n) is 6.98. The lowest BCUT2D eigenvalue weighted by Gasteiger charge is -2.27. The number of carbonyl (C=O) groups excluding carboxylic acids is 1. The molecule has 4 aromatic heterocycles. The lowest BCUT2D eigenvalue weighted by atomic mass is 10.1. The molecule has 9 nitrogen and oxygen atoms in total. The van der Waals surface area contributed by atoms with E-state index in [1.54, 1.807) is 31.1 Å². The molecule has 0 bridgehead atoms. The Morgan fingerprint density at radius 3 is 2.54 bits per heavy atom. The van der Waals surface area contributed by atoms with Gasteiger partial charge in [-0.2, -0.15) is 5.10 Å². The molecule has 0 N–H and O–H groups in total. The van der Waals surface area contributed by atoms with E-state index in [-0.39, 0.29) is 28.9 Å². The van der Waals surface area contributed by atoms with Gasteiger partial charge in [0.1, 0.15) is 23.3 Å². The molecule has 0 saturated carbocycles. The van der Waals surface area contributed by atoms with Crippen LogP contribution in [0.4, 0.5) is 5.69 Å². The molecule has 0 aliphatic carbocycles. The van der Waals surface area contributed by atoms with Gasteiger partial charge >= 0.3 is 0 Å². The van der Waals surface area contributed by atoms with E-state index in [0.717, 1.165) is 21.3 Å². The number of carbonyl (C=O) groups is 1. The summed E-state index contributed by atoms with van der Waals surface area (Å²) in [6, 6.07) is 8.37. The van der Waals surface area contributed by atoms with Crippen molar-refractivity contribution < 1.29 is 9.53 Å². The molecule has 1 aliphatic rings. The standard InChI is InChI=1S/C27H24Cl2N6O3S/c1-13(2)34-23-21(31-25(34)15-6-7-17-16(24(15)38-5)11-30-33(17)4)27(37)35(22(23)19-8-9-20(29)39-19)18-10-14(28)12-32(3)26(18)36/h6-13,22H,1-5H3/t22-/m1/s1. The number of thiophene rings is 1. The summed E-state index contributed by atoms with van der Waals surface area (Å²) >= 11 is 14.1. The van der Waals surface area contributed by atoms with E-state index in [4.69, 9.17) is 32.9 Å². The molecular weight excluding hydrogens is 559 g/mol. The minimum atomic E-state index is -0.632. The Balaban J connectivity index is 1.65. The number of anilines is 1. The zero-order valence-electron chi connectivity index (χ0n) is 21.8. The molecule has 0 unspecified atom stereocenters. The maximum absolute atomic E-state index is 14.1. The number of halogens is 2. The van der Waals surface area contributed by atoms with Crippen LogP contribution in [0.25, 0.3) is 22.3 Å². The molecule has 12 heteroatoms. The van der Waals surface area contributed by atoms with Crippen molar-refractivity contribution in [2.24, 2.45) is 14.1 Å². The molecule has 0 radical (unpaired) electrons. The van der Waals surface area contributed by atoms with Crippen LogP contribution >= 0.6 is 34.5 Å². The molecule has 0 saturated heterocycles.